The summed E-state index contributed by atoms with van der Waals surface area (Å²) < 4.78 is 1.78. The first-order valence-corrected chi connectivity index (χ1v) is 17.8. The van der Waals surface area contributed by atoms with Crippen LogP contribution in [0.5, 0.6) is 0 Å². The lowest BCUT2D eigenvalue weighted by Crippen LogP contribution is -2.43. The second kappa shape index (κ2) is 15.7. The number of rotatable bonds is 12. The molecule has 4 heterocycles. The van der Waals surface area contributed by atoms with Gasteiger partial charge in [-0.3, -0.25) is 9.78 Å². The molecule has 0 bridgehead atoms. The maximum Gasteiger partial charge on any atom is 0.315 e. The maximum atomic E-state index is 12.8. The van der Waals surface area contributed by atoms with Gasteiger partial charge in [0.25, 0.3) is 0 Å². The van der Waals surface area contributed by atoms with Crippen molar-refractivity contribution in [2.75, 3.05) is 29.9 Å². The van der Waals surface area contributed by atoms with Crippen LogP contribution in [0, 0.1) is 0 Å². The van der Waals surface area contributed by atoms with Crippen LogP contribution >= 0.6 is 0 Å². The zero-order valence-electron chi connectivity index (χ0n) is 29.0. The van der Waals surface area contributed by atoms with E-state index < -0.39 is 24.3 Å². The molecule has 1 saturated carbocycles. The van der Waals surface area contributed by atoms with E-state index in [9.17, 15) is 19.8 Å². The van der Waals surface area contributed by atoms with Crippen LogP contribution in [0.3, 0.4) is 0 Å². The molecule has 1 saturated heterocycles. The van der Waals surface area contributed by atoms with Crippen LogP contribution in [0.4, 0.5) is 16.6 Å². The number of anilines is 2. The number of carbonyl (C=O) groups is 2. The fraction of sp³-hybridized carbons (Fsp3) is 0.368. The molecule has 1 aliphatic carbocycles. The molecule has 0 radical (unpaired) electrons. The quantitative estimate of drug-likeness (QED) is 0.113. The first kappa shape index (κ1) is 34.8. The van der Waals surface area contributed by atoms with Crippen LogP contribution in [0.1, 0.15) is 55.0 Å². The molecule has 0 unspecified atom stereocenters. The van der Waals surface area contributed by atoms with Crippen molar-refractivity contribution in [2.45, 2.75) is 69.0 Å². The van der Waals surface area contributed by atoms with E-state index in [1.54, 1.807) is 24.0 Å². The molecule has 3 amide bonds. The highest BCUT2D eigenvalue weighted by Crippen LogP contribution is 2.35. The Hall–Kier alpha value is -5.60. The Kier molecular flexibility index (Phi) is 10.5. The van der Waals surface area contributed by atoms with Gasteiger partial charge in [0.15, 0.2) is 17.0 Å². The van der Waals surface area contributed by atoms with Crippen LogP contribution in [-0.2, 0) is 11.3 Å². The first-order chi connectivity index (χ1) is 25.4. The number of carbonyl (C=O) groups excluding carboxylic acids is 2. The number of imidazole rings is 1. The molecule has 14 heteroatoms. The summed E-state index contributed by atoms with van der Waals surface area (Å²) in [6.07, 6.45) is 2.27. The molecule has 6 N–H and O–H groups in total. The van der Waals surface area contributed by atoms with Gasteiger partial charge >= 0.3 is 6.03 Å². The molecule has 52 heavy (non-hydrogen) atoms. The number of nitrogens with one attached hydrogen (secondary N) is 4. The van der Waals surface area contributed by atoms with E-state index in [2.05, 4.69) is 50.5 Å². The Morgan fingerprint density at radius 1 is 0.904 bits per heavy atom. The summed E-state index contributed by atoms with van der Waals surface area (Å²) in [7, 11) is 0. The minimum absolute atomic E-state index is 0.0117. The summed E-state index contributed by atoms with van der Waals surface area (Å²) >= 11 is 0. The van der Waals surface area contributed by atoms with E-state index in [4.69, 9.17) is 15.0 Å². The third kappa shape index (κ3) is 7.67. The predicted molar refractivity (Wildman–Crippen MR) is 197 cm³/mol. The Morgan fingerprint density at radius 3 is 2.33 bits per heavy atom. The number of aromatic nitrogens is 5. The van der Waals surface area contributed by atoms with Crippen molar-refractivity contribution in [1.29, 1.82) is 0 Å². The van der Waals surface area contributed by atoms with Crippen LogP contribution in [0.25, 0.3) is 11.2 Å². The second-order valence-corrected chi connectivity index (χ2v) is 13.3. The van der Waals surface area contributed by atoms with Gasteiger partial charge in [-0.15, -0.1) is 0 Å². The second-order valence-electron chi connectivity index (χ2n) is 13.3. The zero-order valence-corrected chi connectivity index (χ0v) is 29.0. The van der Waals surface area contributed by atoms with Crippen molar-refractivity contribution in [2.24, 2.45) is 0 Å². The summed E-state index contributed by atoms with van der Waals surface area (Å²) in [4.78, 5) is 45.9. The number of aliphatic hydroxyl groups is 2. The molecular formula is C38H44N10O4. The maximum absolute atomic E-state index is 12.8. The van der Waals surface area contributed by atoms with Crippen LogP contribution in [-0.4, -0.2) is 90.6 Å². The van der Waals surface area contributed by atoms with Gasteiger partial charge in [0.05, 0.1) is 30.6 Å². The third-order valence-electron chi connectivity index (χ3n) is 9.93. The normalized spacial score (nSPS) is 21.4. The zero-order chi connectivity index (χ0) is 36.0. The van der Waals surface area contributed by atoms with Gasteiger partial charge in [0, 0.05) is 44.2 Å². The summed E-state index contributed by atoms with van der Waals surface area (Å²) in [6, 6.07) is 24.5. The first-order valence-electron chi connectivity index (χ1n) is 17.8. The van der Waals surface area contributed by atoms with Crippen LogP contribution < -0.4 is 26.2 Å². The van der Waals surface area contributed by atoms with Crippen molar-refractivity contribution in [3.63, 3.8) is 0 Å². The average molecular weight is 705 g/mol. The lowest BCUT2D eigenvalue weighted by Gasteiger charge is -2.22. The fourth-order valence-corrected chi connectivity index (χ4v) is 7.12. The minimum Gasteiger partial charge on any atom is -0.388 e. The molecule has 1 aliphatic heterocycles. The number of fused-ring (bicyclic) bond motifs is 1. The lowest BCUT2D eigenvalue weighted by molar-refractivity contribution is -0.122. The number of hydrogen-bond donors (Lipinski definition) is 6. The summed E-state index contributed by atoms with van der Waals surface area (Å²) in [5.74, 6) is 0.800. The van der Waals surface area contributed by atoms with Gasteiger partial charge in [-0.25, -0.2) is 9.78 Å². The topological polar surface area (TPSA) is 182 Å². The summed E-state index contributed by atoms with van der Waals surface area (Å²) in [5.41, 5.74) is 4.08. The molecule has 5 aromatic rings. The average Bonchev–Trinajstić information content (AvgIpc) is 3.90. The largest absolute Gasteiger partial charge is 0.388 e. The van der Waals surface area contributed by atoms with Crippen LogP contribution in [0.15, 0.2) is 91.4 Å². The van der Waals surface area contributed by atoms with E-state index in [1.807, 2.05) is 59.5 Å². The Labute approximate surface area is 301 Å². The molecule has 2 fully saturated rings. The van der Waals surface area contributed by atoms with Crippen molar-refractivity contribution >= 4 is 34.9 Å². The Balaban J connectivity index is 1.16. The van der Waals surface area contributed by atoms with Crippen molar-refractivity contribution < 1.29 is 19.8 Å². The number of urea groups is 1. The van der Waals surface area contributed by atoms with Gasteiger partial charge in [0.1, 0.15) is 12.2 Å². The highest BCUT2D eigenvalue weighted by molar-refractivity contribution is 5.85. The summed E-state index contributed by atoms with van der Waals surface area (Å²) in [5, 5.41) is 34.4. The van der Waals surface area contributed by atoms with E-state index in [1.165, 1.54) is 0 Å². The molecule has 5 atom stereocenters. The van der Waals surface area contributed by atoms with Gasteiger partial charge in [-0.1, -0.05) is 73.7 Å². The van der Waals surface area contributed by atoms with Crippen LogP contribution in [0.2, 0.25) is 0 Å². The Bertz CT molecular complexity index is 1920. The minimum atomic E-state index is -1.15. The molecule has 270 valence electrons. The lowest BCUT2D eigenvalue weighted by atomic mass is 9.91. The number of nitrogens with zero attached hydrogens (tertiary/aromatic N) is 6. The van der Waals surface area contributed by atoms with E-state index in [0.717, 1.165) is 16.8 Å². The van der Waals surface area contributed by atoms with Crippen molar-refractivity contribution in [3.8, 4) is 0 Å². The number of benzene rings is 2. The number of pyridine rings is 1. The molecule has 0 spiro atoms. The standard InChI is InChI=1S/C38H44N10O4/c1-2-31(49)44-29-19-30(34(51)33(29)50)48-23-42-32-35(40-21-28(24-11-5-3-6-12-24)25-13-7-4-8-14-25)45-37(46-36(32)48)47-18-16-27(22-47)43-38(52)41-20-26-15-9-10-17-39-26/h3-15,17,23,27-30,33-34,50-51H,2,16,18-22H2,1H3,(H,44,49)(H,40,45,46)(H2,41,43,52)/t27-,29+,30-,33-,34-/m1/s1. The van der Waals surface area contributed by atoms with Gasteiger partial charge < -0.3 is 40.9 Å². The predicted octanol–water partition coefficient (Wildman–Crippen LogP) is 3.10. The highest BCUT2D eigenvalue weighted by Gasteiger charge is 2.44. The molecule has 2 aliphatic rings. The smallest absolute Gasteiger partial charge is 0.315 e. The summed E-state index contributed by atoms with van der Waals surface area (Å²) in [6.45, 7) is 3.68. The highest BCUT2D eigenvalue weighted by atomic mass is 16.3. The third-order valence-corrected chi connectivity index (χ3v) is 9.93. The Morgan fingerprint density at radius 2 is 1.63 bits per heavy atom. The van der Waals surface area contributed by atoms with Crippen molar-refractivity contribution in [3.05, 3.63) is 108 Å². The van der Waals surface area contributed by atoms with E-state index >= 15 is 0 Å². The number of hydrogen-bond acceptors (Lipinski definition) is 10. The van der Waals surface area contributed by atoms with Gasteiger partial charge in [0.2, 0.25) is 11.9 Å². The molecule has 2 aromatic carbocycles. The number of amides is 3. The fourth-order valence-electron chi connectivity index (χ4n) is 7.12. The SMILES string of the molecule is CCC(=O)N[C@H]1C[C@@H](n2cnc3c(NCC(c4ccccc4)c4ccccc4)nc(N4CC[C@@H](NC(=O)NCc5ccccn5)C4)nc32)[C@@H](O)[C@@H]1O. The molecular weight excluding hydrogens is 660 g/mol. The monoisotopic (exact) mass is 704 g/mol. The van der Waals surface area contributed by atoms with E-state index in [0.29, 0.717) is 62.0 Å². The number of aliphatic hydroxyl groups excluding tert-OH is 2. The van der Waals surface area contributed by atoms with Gasteiger partial charge in [-0.2, -0.15) is 9.97 Å². The molecule has 7 rings (SSSR count). The van der Waals surface area contributed by atoms with Crippen molar-refractivity contribution in [1.82, 2.24) is 40.5 Å². The van der Waals surface area contributed by atoms with E-state index in [-0.39, 0.29) is 30.3 Å². The molecule has 3 aromatic heterocycles. The molecule has 14 nitrogen and oxygen atoms in total. The van der Waals surface area contributed by atoms with Gasteiger partial charge in [-0.05, 0) is 36.1 Å².